The Morgan fingerprint density at radius 3 is 2.63 bits per heavy atom. The first kappa shape index (κ1) is 24.3. The van der Waals surface area contributed by atoms with Gasteiger partial charge in [-0.05, 0) is 56.2 Å². The summed E-state index contributed by atoms with van der Waals surface area (Å²) in [5, 5.41) is 0.632. The molecule has 4 aromatic rings. The number of amides is 1. The standard InChI is InChI=1S/C26H25ClN4O4/c1-4-6-12-30-22-19(25(33)31-13-8-9-16(3)21(31)28-22)15-20(26(34)35-5-2)23(30)29-24(32)17-10-7-11-18(27)14-17/h7-11,13-15H,4-6,12H2,1-3H3. The summed E-state index contributed by atoms with van der Waals surface area (Å²) < 4.78 is 8.37. The van der Waals surface area contributed by atoms with Gasteiger partial charge in [0, 0.05) is 23.3 Å². The third-order valence-corrected chi connectivity index (χ3v) is 5.85. The van der Waals surface area contributed by atoms with Gasteiger partial charge in [0.15, 0.2) is 5.49 Å². The van der Waals surface area contributed by atoms with Crippen LogP contribution in [0.15, 0.2) is 58.4 Å². The van der Waals surface area contributed by atoms with Crippen LogP contribution in [-0.4, -0.2) is 32.4 Å². The zero-order chi connectivity index (χ0) is 25.1. The van der Waals surface area contributed by atoms with Crippen LogP contribution in [0.2, 0.25) is 5.02 Å². The van der Waals surface area contributed by atoms with Crippen molar-refractivity contribution < 1.29 is 14.3 Å². The SMILES string of the molecule is CCCCn1c(=NC(=O)c2cccc(Cl)c2)c(C(=O)OCC)cc2c(=O)n3cccc(C)c3nc21. The topological polar surface area (TPSA) is 95.0 Å². The maximum Gasteiger partial charge on any atom is 0.341 e. The number of pyridine rings is 2. The smallest absolute Gasteiger partial charge is 0.341 e. The molecule has 3 heterocycles. The number of aromatic nitrogens is 3. The maximum atomic E-state index is 13.4. The number of rotatable bonds is 6. The van der Waals surface area contributed by atoms with Gasteiger partial charge < -0.3 is 9.30 Å². The number of hydrogen-bond acceptors (Lipinski definition) is 5. The summed E-state index contributed by atoms with van der Waals surface area (Å²) in [4.78, 5) is 48.6. The van der Waals surface area contributed by atoms with Crippen molar-refractivity contribution in [2.45, 2.75) is 40.2 Å². The minimum Gasteiger partial charge on any atom is -0.462 e. The fraction of sp³-hybridized carbons (Fsp3) is 0.269. The summed E-state index contributed by atoms with van der Waals surface area (Å²) >= 11 is 6.06. The van der Waals surface area contributed by atoms with Crippen molar-refractivity contribution in [2.24, 2.45) is 4.99 Å². The van der Waals surface area contributed by atoms with Crippen LogP contribution in [0.1, 0.15) is 53.0 Å². The van der Waals surface area contributed by atoms with E-state index in [0.717, 1.165) is 18.4 Å². The first-order chi connectivity index (χ1) is 16.8. The molecule has 0 aliphatic rings. The third kappa shape index (κ3) is 4.74. The van der Waals surface area contributed by atoms with Crippen LogP contribution in [0.3, 0.4) is 0 Å². The molecule has 0 saturated carbocycles. The average molecular weight is 493 g/mol. The molecule has 180 valence electrons. The van der Waals surface area contributed by atoms with E-state index in [9.17, 15) is 14.4 Å². The van der Waals surface area contributed by atoms with Crippen molar-refractivity contribution in [3.05, 3.63) is 86.2 Å². The van der Waals surface area contributed by atoms with Gasteiger partial charge >= 0.3 is 5.97 Å². The Kier molecular flexibility index (Phi) is 7.12. The number of halogens is 1. The van der Waals surface area contributed by atoms with E-state index in [1.165, 1.54) is 16.5 Å². The molecule has 0 bridgehead atoms. The van der Waals surface area contributed by atoms with Crippen LogP contribution in [0.4, 0.5) is 0 Å². The number of esters is 1. The molecule has 0 spiro atoms. The Bertz CT molecular complexity index is 1590. The van der Waals surface area contributed by atoms with E-state index >= 15 is 0 Å². The van der Waals surface area contributed by atoms with Crippen molar-refractivity contribution in [1.29, 1.82) is 0 Å². The molecular weight excluding hydrogens is 468 g/mol. The summed E-state index contributed by atoms with van der Waals surface area (Å²) in [5.41, 5.74) is 1.73. The number of benzene rings is 1. The van der Waals surface area contributed by atoms with Crippen LogP contribution in [0.25, 0.3) is 16.7 Å². The van der Waals surface area contributed by atoms with Crippen LogP contribution in [0.5, 0.6) is 0 Å². The van der Waals surface area contributed by atoms with Crippen molar-refractivity contribution >= 4 is 40.2 Å². The van der Waals surface area contributed by atoms with Gasteiger partial charge in [0.1, 0.15) is 16.9 Å². The number of unbranched alkanes of at least 4 members (excludes halogenated alkanes) is 1. The zero-order valence-electron chi connectivity index (χ0n) is 19.7. The molecule has 4 rings (SSSR count). The number of ether oxygens (including phenoxy) is 1. The van der Waals surface area contributed by atoms with Gasteiger partial charge in [0.2, 0.25) is 0 Å². The molecule has 3 aromatic heterocycles. The highest BCUT2D eigenvalue weighted by Gasteiger charge is 2.20. The molecule has 0 unspecified atom stereocenters. The van der Waals surface area contributed by atoms with E-state index in [0.29, 0.717) is 22.9 Å². The molecule has 9 heteroatoms. The lowest BCUT2D eigenvalue weighted by Gasteiger charge is -2.15. The highest BCUT2D eigenvalue weighted by Crippen LogP contribution is 2.15. The molecule has 1 amide bonds. The van der Waals surface area contributed by atoms with Crippen LogP contribution in [0, 0.1) is 6.92 Å². The lowest BCUT2D eigenvalue weighted by Crippen LogP contribution is -2.33. The molecular formula is C26H25ClN4O4. The van der Waals surface area contributed by atoms with Crippen LogP contribution < -0.4 is 11.0 Å². The highest BCUT2D eigenvalue weighted by molar-refractivity contribution is 6.31. The van der Waals surface area contributed by atoms with E-state index < -0.39 is 11.9 Å². The summed E-state index contributed by atoms with van der Waals surface area (Å²) in [6.45, 7) is 6.10. The molecule has 0 aliphatic heterocycles. The first-order valence-corrected chi connectivity index (χ1v) is 11.8. The number of aryl methyl sites for hydroxylation is 2. The fourth-order valence-corrected chi connectivity index (χ4v) is 4.07. The number of hydrogen-bond donors (Lipinski definition) is 0. The Balaban J connectivity index is 2.14. The monoisotopic (exact) mass is 492 g/mol. The number of carbonyl (C=O) groups excluding carboxylic acids is 2. The molecule has 0 aliphatic carbocycles. The second-order valence-electron chi connectivity index (χ2n) is 8.07. The van der Waals surface area contributed by atoms with E-state index in [2.05, 4.69) is 4.99 Å². The number of fused-ring (bicyclic) bond motifs is 2. The second kappa shape index (κ2) is 10.2. The van der Waals surface area contributed by atoms with Crippen molar-refractivity contribution in [3.8, 4) is 0 Å². The van der Waals surface area contributed by atoms with Crippen molar-refractivity contribution in [2.75, 3.05) is 6.61 Å². The molecule has 0 fully saturated rings. The average Bonchev–Trinajstić information content (AvgIpc) is 2.84. The van der Waals surface area contributed by atoms with Gasteiger partial charge in [-0.3, -0.25) is 14.0 Å². The molecule has 1 aromatic carbocycles. The summed E-state index contributed by atoms with van der Waals surface area (Å²) in [6.07, 6.45) is 3.19. The number of nitrogens with zero attached hydrogens (tertiary/aromatic N) is 4. The van der Waals surface area contributed by atoms with Crippen LogP contribution in [-0.2, 0) is 11.3 Å². The van der Waals surface area contributed by atoms with Gasteiger partial charge in [-0.15, -0.1) is 0 Å². The van der Waals surface area contributed by atoms with Crippen LogP contribution >= 0.6 is 11.6 Å². The first-order valence-electron chi connectivity index (χ1n) is 11.4. The molecule has 0 saturated heterocycles. The molecule has 0 N–H and O–H groups in total. The molecule has 0 radical (unpaired) electrons. The Labute approximate surface area is 206 Å². The Morgan fingerprint density at radius 2 is 1.91 bits per heavy atom. The molecule has 0 atom stereocenters. The highest BCUT2D eigenvalue weighted by atomic mass is 35.5. The lowest BCUT2D eigenvalue weighted by atomic mass is 10.2. The normalized spacial score (nSPS) is 11.8. The van der Waals surface area contributed by atoms with E-state index in [4.69, 9.17) is 21.3 Å². The van der Waals surface area contributed by atoms with Gasteiger partial charge in [-0.1, -0.05) is 37.1 Å². The van der Waals surface area contributed by atoms with Crippen molar-refractivity contribution in [1.82, 2.24) is 14.0 Å². The van der Waals surface area contributed by atoms with E-state index in [1.807, 2.05) is 19.9 Å². The molecule has 8 nitrogen and oxygen atoms in total. The third-order valence-electron chi connectivity index (χ3n) is 5.61. The van der Waals surface area contributed by atoms with E-state index in [1.54, 1.807) is 42.0 Å². The van der Waals surface area contributed by atoms with Gasteiger partial charge in [-0.25, -0.2) is 9.78 Å². The minimum absolute atomic E-state index is 0.0253. The Morgan fingerprint density at radius 1 is 1.11 bits per heavy atom. The summed E-state index contributed by atoms with van der Waals surface area (Å²) in [7, 11) is 0. The maximum absolute atomic E-state index is 13.4. The second-order valence-corrected chi connectivity index (χ2v) is 8.51. The van der Waals surface area contributed by atoms with Gasteiger partial charge in [0.05, 0.1) is 12.0 Å². The van der Waals surface area contributed by atoms with E-state index in [-0.39, 0.29) is 34.2 Å². The largest absolute Gasteiger partial charge is 0.462 e. The number of carbonyl (C=O) groups is 2. The minimum atomic E-state index is -0.675. The van der Waals surface area contributed by atoms with Gasteiger partial charge in [0.25, 0.3) is 11.5 Å². The molecule has 35 heavy (non-hydrogen) atoms. The summed E-state index contributed by atoms with van der Waals surface area (Å²) in [6, 6.07) is 11.5. The van der Waals surface area contributed by atoms with Crippen molar-refractivity contribution in [3.63, 3.8) is 0 Å². The quantitative estimate of drug-likeness (QED) is 0.295. The Hall–Kier alpha value is -3.78. The predicted octanol–water partition coefficient (Wildman–Crippen LogP) is 4.33. The fourth-order valence-electron chi connectivity index (χ4n) is 3.88. The predicted molar refractivity (Wildman–Crippen MR) is 134 cm³/mol. The zero-order valence-corrected chi connectivity index (χ0v) is 20.5. The summed E-state index contributed by atoms with van der Waals surface area (Å²) in [5.74, 6) is -1.25. The lowest BCUT2D eigenvalue weighted by molar-refractivity contribution is 0.0523. The van der Waals surface area contributed by atoms with Gasteiger partial charge in [-0.2, -0.15) is 4.99 Å².